The molecular formula is C7H10N4. The smallest absolute Gasteiger partial charge is 0.158 e. The monoisotopic (exact) mass is 150 g/mol. The summed E-state index contributed by atoms with van der Waals surface area (Å²) in [5.41, 5.74) is 0.782. The zero-order valence-corrected chi connectivity index (χ0v) is 5.99. The second-order valence-corrected chi connectivity index (χ2v) is 1.70. The minimum absolute atomic E-state index is 0. The van der Waals surface area contributed by atoms with Crippen molar-refractivity contribution in [1.29, 1.82) is 0 Å². The van der Waals surface area contributed by atoms with Crippen molar-refractivity contribution in [3.8, 4) is 0 Å². The van der Waals surface area contributed by atoms with Crippen molar-refractivity contribution in [3.63, 3.8) is 0 Å². The van der Waals surface area contributed by atoms with Gasteiger partial charge in [-0.05, 0) is 0 Å². The predicted molar refractivity (Wildman–Crippen MR) is 45.1 cm³/mol. The molecule has 4 nitrogen and oxygen atoms in total. The van der Waals surface area contributed by atoms with Crippen LogP contribution in [0.1, 0.15) is 1.43 Å². The van der Waals surface area contributed by atoms with Gasteiger partial charge in [-0.3, -0.25) is 5.10 Å². The van der Waals surface area contributed by atoms with Gasteiger partial charge in [-0.25, -0.2) is 9.97 Å². The Bertz CT molecular complexity index is 302. The molecule has 0 saturated carbocycles. The lowest BCUT2D eigenvalue weighted by molar-refractivity contribution is 1.09. The van der Waals surface area contributed by atoms with Gasteiger partial charge in [0.2, 0.25) is 0 Å². The van der Waals surface area contributed by atoms with E-state index in [4.69, 9.17) is 0 Å². The van der Waals surface area contributed by atoms with Crippen molar-refractivity contribution in [2.75, 3.05) is 0 Å². The van der Waals surface area contributed by atoms with Crippen molar-refractivity contribution in [3.05, 3.63) is 31.9 Å². The number of H-pyrrole nitrogens is 1. The summed E-state index contributed by atoms with van der Waals surface area (Å²) >= 11 is 0. The van der Waals surface area contributed by atoms with Crippen LogP contribution in [0.25, 0.3) is 11.0 Å². The third kappa shape index (κ3) is 1.40. The SMILES string of the molecule is C=C.[HH].c1ncc2cn[nH]c2n1. The van der Waals surface area contributed by atoms with Gasteiger partial charge in [0.25, 0.3) is 0 Å². The maximum Gasteiger partial charge on any atom is 0.158 e. The molecular weight excluding hydrogens is 140 g/mol. The van der Waals surface area contributed by atoms with Gasteiger partial charge in [0.1, 0.15) is 6.33 Å². The highest BCUT2D eigenvalue weighted by Crippen LogP contribution is 2.01. The Kier molecular flexibility index (Phi) is 2.32. The van der Waals surface area contributed by atoms with Crippen LogP contribution in [0.5, 0.6) is 0 Å². The molecule has 11 heavy (non-hydrogen) atoms. The summed E-state index contributed by atoms with van der Waals surface area (Å²) in [4.78, 5) is 7.73. The molecule has 2 aromatic heterocycles. The van der Waals surface area contributed by atoms with Gasteiger partial charge in [-0.2, -0.15) is 5.10 Å². The van der Waals surface area contributed by atoms with Gasteiger partial charge in [0.15, 0.2) is 5.65 Å². The molecule has 0 aliphatic heterocycles. The van der Waals surface area contributed by atoms with Crippen LogP contribution in [0.15, 0.2) is 31.9 Å². The molecule has 0 spiro atoms. The van der Waals surface area contributed by atoms with Crippen molar-refractivity contribution >= 4 is 11.0 Å². The number of hydrogen-bond donors (Lipinski definition) is 1. The molecule has 2 aromatic rings. The summed E-state index contributed by atoms with van der Waals surface area (Å²) in [6, 6.07) is 0. The maximum atomic E-state index is 3.91. The van der Waals surface area contributed by atoms with E-state index in [0.717, 1.165) is 11.0 Å². The first kappa shape index (κ1) is 7.40. The molecule has 2 heterocycles. The Labute approximate surface area is 65.5 Å². The van der Waals surface area contributed by atoms with Crippen LogP contribution in [0.4, 0.5) is 0 Å². The van der Waals surface area contributed by atoms with E-state index in [0.29, 0.717) is 0 Å². The van der Waals surface area contributed by atoms with Crippen molar-refractivity contribution < 1.29 is 1.43 Å². The largest absolute Gasteiger partial charge is 0.261 e. The average molecular weight is 150 g/mol. The van der Waals surface area contributed by atoms with Gasteiger partial charge < -0.3 is 0 Å². The van der Waals surface area contributed by atoms with Crippen molar-refractivity contribution in [2.24, 2.45) is 0 Å². The summed E-state index contributed by atoms with van der Waals surface area (Å²) in [6.07, 6.45) is 4.89. The van der Waals surface area contributed by atoms with Crippen LogP contribution >= 0.6 is 0 Å². The lowest BCUT2D eigenvalue weighted by atomic mass is 10.5. The van der Waals surface area contributed by atoms with Gasteiger partial charge in [-0.1, -0.05) is 0 Å². The lowest BCUT2D eigenvalue weighted by Gasteiger charge is -1.80. The molecule has 0 unspecified atom stereocenters. The number of aromatic amines is 1. The van der Waals surface area contributed by atoms with Crippen LogP contribution in [-0.2, 0) is 0 Å². The molecule has 0 aromatic carbocycles. The molecule has 0 aliphatic rings. The molecule has 4 heteroatoms. The van der Waals surface area contributed by atoms with E-state index in [1.165, 1.54) is 6.33 Å². The Morgan fingerprint density at radius 3 is 2.91 bits per heavy atom. The zero-order chi connectivity index (χ0) is 8.10. The number of hydrogen-bond acceptors (Lipinski definition) is 3. The highest BCUT2D eigenvalue weighted by molar-refractivity contribution is 5.71. The molecule has 0 radical (unpaired) electrons. The number of aromatic nitrogens is 4. The van der Waals surface area contributed by atoms with Gasteiger partial charge >= 0.3 is 0 Å². The minimum atomic E-state index is 0. The molecule has 2 rings (SSSR count). The third-order valence-electron chi connectivity index (χ3n) is 1.11. The first-order valence-electron chi connectivity index (χ1n) is 3.06. The number of nitrogens with zero attached hydrogens (tertiary/aromatic N) is 3. The number of nitrogens with one attached hydrogen (secondary N) is 1. The molecule has 1 N–H and O–H groups in total. The van der Waals surface area contributed by atoms with E-state index in [-0.39, 0.29) is 1.43 Å². The fraction of sp³-hybridized carbons (Fsp3) is 0. The summed E-state index contributed by atoms with van der Waals surface area (Å²) in [5, 5.41) is 7.43. The lowest BCUT2D eigenvalue weighted by Crippen LogP contribution is -1.75. The second kappa shape index (κ2) is 3.46. The van der Waals surface area contributed by atoms with E-state index >= 15 is 0 Å². The molecule has 0 fully saturated rings. The molecule has 58 valence electrons. The fourth-order valence-corrected chi connectivity index (χ4v) is 0.691. The van der Waals surface area contributed by atoms with Crippen LogP contribution in [0.3, 0.4) is 0 Å². The standard InChI is InChI=1S/C5H4N4.C2H4.H2/c1-4-2-8-9-5(4)7-3-6-1;1-2;/h1-3H,(H,6,7,8,9);1-2H2;1H. The highest BCUT2D eigenvalue weighted by Gasteiger charge is 1.90. The third-order valence-corrected chi connectivity index (χ3v) is 1.11. The Morgan fingerprint density at radius 1 is 1.36 bits per heavy atom. The Hall–Kier alpha value is -1.71. The predicted octanol–water partition coefficient (Wildman–Crippen LogP) is 1.40. The first-order chi connectivity index (χ1) is 5.47. The Balaban J connectivity index is 0.000000378. The first-order valence-corrected chi connectivity index (χ1v) is 3.06. The van der Waals surface area contributed by atoms with E-state index in [2.05, 4.69) is 33.3 Å². The van der Waals surface area contributed by atoms with Crippen LogP contribution in [0, 0.1) is 0 Å². The highest BCUT2D eigenvalue weighted by atomic mass is 15.1. The molecule has 0 bridgehead atoms. The van der Waals surface area contributed by atoms with Crippen molar-refractivity contribution in [2.45, 2.75) is 0 Å². The van der Waals surface area contributed by atoms with Gasteiger partial charge in [0.05, 0.1) is 11.6 Å². The van der Waals surface area contributed by atoms with E-state index in [9.17, 15) is 0 Å². The maximum absolute atomic E-state index is 3.91. The van der Waals surface area contributed by atoms with Gasteiger partial charge in [-0.15, -0.1) is 13.2 Å². The summed E-state index contributed by atoms with van der Waals surface area (Å²) < 4.78 is 0. The van der Waals surface area contributed by atoms with Crippen LogP contribution < -0.4 is 0 Å². The topological polar surface area (TPSA) is 54.5 Å². The summed E-state index contributed by atoms with van der Waals surface area (Å²) in [5.74, 6) is 0. The molecule has 0 atom stereocenters. The quantitative estimate of drug-likeness (QED) is 0.577. The normalized spacial score (nSPS) is 8.73. The molecule has 0 aliphatic carbocycles. The van der Waals surface area contributed by atoms with Crippen LogP contribution in [0.2, 0.25) is 0 Å². The summed E-state index contributed by atoms with van der Waals surface area (Å²) in [6.45, 7) is 6.00. The number of rotatable bonds is 0. The average Bonchev–Trinajstić information content (AvgIpc) is 2.55. The van der Waals surface area contributed by atoms with E-state index in [1.54, 1.807) is 12.4 Å². The van der Waals surface area contributed by atoms with E-state index in [1.807, 2.05) is 0 Å². The van der Waals surface area contributed by atoms with E-state index < -0.39 is 0 Å². The number of fused-ring (bicyclic) bond motifs is 1. The molecule has 0 saturated heterocycles. The Morgan fingerprint density at radius 2 is 2.18 bits per heavy atom. The molecule has 0 amide bonds. The van der Waals surface area contributed by atoms with Crippen LogP contribution in [-0.4, -0.2) is 20.2 Å². The zero-order valence-electron chi connectivity index (χ0n) is 5.99. The van der Waals surface area contributed by atoms with Gasteiger partial charge in [0, 0.05) is 7.62 Å². The summed E-state index contributed by atoms with van der Waals surface area (Å²) in [7, 11) is 0. The van der Waals surface area contributed by atoms with Crippen molar-refractivity contribution in [1.82, 2.24) is 20.2 Å². The fourth-order valence-electron chi connectivity index (χ4n) is 0.691. The second-order valence-electron chi connectivity index (χ2n) is 1.70. The minimum Gasteiger partial charge on any atom is -0.261 e.